The number of carbonyl (C=O) groups is 1. The summed E-state index contributed by atoms with van der Waals surface area (Å²) < 4.78 is 0. The van der Waals surface area contributed by atoms with Gasteiger partial charge in [-0.1, -0.05) is 25.1 Å². The summed E-state index contributed by atoms with van der Waals surface area (Å²) in [5, 5.41) is 2.94. The second kappa shape index (κ2) is 6.99. The van der Waals surface area contributed by atoms with Gasteiger partial charge >= 0.3 is 0 Å². The smallest absolute Gasteiger partial charge is 0.259 e. The molecule has 0 atom stereocenters. The van der Waals surface area contributed by atoms with Crippen LogP contribution in [0.1, 0.15) is 41.4 Å². The molecule has 24 heavy (non-hydrogen) atoms. The fourth-order valence-corrected chi connectivity index (χ4v) is 2.94. The highest BCUT2D eigenvalue weighted by Crippen LogP contribution is 2.21. The molecule has 3 rings (SSSR count). The first kappa shape index (κ1) is 16.4. The number of nitrogens with zero attached hydrogens (tertiary/aromatic N) is 3. The van der Waals surface area contributed by atoms with Gasteiger partial charge in [-0.15, -0.1) is 0 Å². The number of nitrogens with one attached hydrogen (secondary N) is 1. The Morgan fingerprint density at radius 3 is 2.58 bits per heavy atom. The first-order chi connectivity index (χ1) is 11.5. The highest BCUT2D eigenvalue weighted by atomic mass is 16.1. The molecule has 1 aliphatic heterocycles. The van der Waals surface area contributed by atoms with Crippen LogP contribution >= 0.6 is 0 Å². The Morgan fingerprint density at radius 1 is 1.21 bits per heavy atom. The summed E-state index contributed by atoms with van der Waals surface area (Å²) in [5.41, 5.74) is 3.08. The summed E-state index contributed by atoms with van der Waals surface area (Å²) in [6.07, 6.45) is 3.97. The van der Waals surface area contributed by atoms with Crippen molar-refractivity contribution in [1.29, 1.82) is 0 Å². The van der Waals surface area contributed by atoms with Crippen LogP contribution in [0.3, 0.4) is 0 Å². The number of benzene rings is 1. The Labute approximate surface area is 143 Å². The number of aromatic nitrogens is 2. The molecule has 1 N–H and O–H groups in total. The highest BCUT2D eigenvalue weighted by molar-refractivity contribution is 6.05. The van der Waals surface area contributed by atoms with Crippen LogP contribution in [0.25, 0.3) is 0 Å². The quantitative estimate of drug-likeness (QED) is 0.937. The van der Waals surface area contributed by atoms with E-state index in [4.69, 9.17) is 0 Å². The molecule has 1 fully saturated rings. The van der Waals surface area contributed by atoms with Crippen LogP contribution in [-0.2, 0) is 0 Å². The van der Waals surface area contributed by atoms with Gasteiger partial charge in [0.2, 0.25) is 5.95 Å². The third kappa shape index (κ3) is 3.55. The molecular formula is C19H24N4O. The molecule has 1 saturated heterocycles. The first-order valence-electron chi connectivity index (χ1n) is 8.50. The van der Waals surface area contributed by atoms with Crippen LogP contribution in [0.4, 0.5) is 11.6 Å². The van der Waals surface area contributed by atoms with Gasteiger partial charge in [-0.3, -0.25) is 4.79 Å². The molecule has 5 nitrogen and oxygen atoms in total. The fraction of sp³-hybridized carbons (Fsp3) is 0.421. The van der Waals surface area contributed by atoms with Gasteiger partial charge in [0.05, 0.1) is 11.3 Å². The topological polar surface area (TPSA) is 58.1 Å². The summed E-state index contributed by atoms with van der Waals surface area (Å²) in [7, 11) is 0. The number of hydrogen-bond acceptors (Lipinski definition) is 4. The number of hydrogen-bond donors (Lipinski definition) is 1. The second-order valence-corrected chi connectivity index (χ2v) is 6.61. The van der Waals surface area contributed by atoms with Crippen molar-refractivity contribution in [2.24, 2.45) is 5.92 Å². The van der Waals surface area contributed by atoms with Gasteiger partial charge in [-0.05, 0) is 44.2 Å². The minimum Gasteiger partial charge on any atom is -0.341 e. The molecule has 2 aromatic rings. The van der Waals surface area contributed by atoms with E-state index in [-0.39, 0.29) is 5.91 Å². The van der Waals surface area contributed by atoms with Crippen LogP contribution < -0.4 is 10.2 Å². The maximum atomic E-state index is 12.5. The Kier molecular flexibility index (Phi) is 4.79. The third-order valence-corrected chi connectivity index (χ3v) is 4.67. The predicted octanol–water partition coefficient (Wildman–Crippen LogP) is 3.58. The van der Waals surface area contributed by atoms with Crippen LogP contribution in [0.15, 0.2) is 30.5 Å². The normalized spacial score (nSPS) is 15.4. The Hall–Kier alpha value is -2.43. The highest BCUT2D eigenvalue weighted by Gasteiger charge is 2.20. The van der Waals surface area contributed by atoms with Gasteiger partial charge in [-0.25, -0.2) is 9.97 Å². The minimum atomic E-state index is -0.166. The van der Waals surface area contributed by atoms with E-state index in [2.05, 4.69) is 27.1 Å². The van der Waals surface area contributed by atoms with Gasteiger partial charge in [0, 0.05) is 25.0 Å². The zero-order valence-corrected chi connectivity index (χ0v) is 14.5. The van der Waals surface area contributed by atoms with Crippen molar-refractivity contribution in [3.63, 3.8) is 0 Å². The van der Waals surface area contributed by atoms with Gasteiger partial charge in [-0.2, -0.15) is 0 Å². The largest absolute Gasteiger partial charge is 0.341 e. The number of carbonyl (C=O) groups excluding carboxylic acids is 1. The zero-order valence-electron chi connectivity index (χ0n) is 14.5. The molecule has 0 spiro atoms. The molecule has 0 radical (unpaired) electrons. The Morgan fingerprint density at radius 2 is 1.92 bits per heavy atom. The number of para-hydroxylation sites is 1. The number of piperidine rings is 1. The number of rotatable bonds is 3. The fourth-order valence-electron chi connectivity index (χ4n) is 2.94. The minimum absolute atomic E-state index is 0.166. The van der Waals surface area contributed by atoms with Crippen molar-refractivity contribution < 1.29 is 4.79 Å². The molecule has 1 aromatic heterocycles. The van der Waals surface area contributed by atoms with E-state index in [9.17, 15) is 4.79 Å². The van der Waals surface area contributed by atoms with E-state index >= 15 is 0 Å². The standard InChI is InChI=1S/C19H24N4O/c1-13-8-10-23(11-9-13)19-20-12-16(15(3)21-19)18(24)22-17-7-5-4-6-14(17)2/h4-7,12-13H,8-11H2,1-3H3,(H,22,24). The van der Waals surface area contributed by atoms with Crippen molar-refractivity contribution in [3.8, 4) is 0 Å². The lowest BCUT2D eigenvalue weighted by Crippen LogP contribution is -2.34. The molecule has 5 heteroatoms. The van der Waals surface area contributed by atoms with Crippen LogP contribution in [-0.4, -0.2) is 29.0 Å². The number of amides is 1. The lowest BCUT2D eigenvalue weighted by Gasteiger charge is -2.30. The zero-order chi connectivity index (χ0) is 17.1. The van der Waals surface area contributed by atoms with Crippen molar-refractivity contribution in [2.45, 2.75) is 33.6 Å². The maximum absolute atomic E-state index is 12.5. The molecule has 0 unspecified atom stereocenters. The van der Waals surface area contributed by atoms with E-state index in [0.29, 0.717) is 11.3 Å². The molecule has 2 heterocycles. The Balaban J connectivity index is 1.75. The Bertz CT molecular complexity index is 736. The molecule has 126 valence electrons. The average molecular weight is 324 g/mol. The van der Waals surface area contributed by atoms with E-state index in [0.717, 1.165) is 49.0 Å². The number of aryl methyl sites for hydroxylation is 2. The van der Waals surface area contributed by atoms with Crippen molar-refractivity contribution in [3.05, 3.63) is 47.3 Å². The molecule has 1 amide bonds. The van der Waals surface area contributed by atoms with Crippen molar-refractivity contribution in [2.75, 3.05) is 23.3 Å². The summed E-state index contributed by atoms with van der Waals surface area (Å²) in [4.78, 5) is 23.7. The summed E-state index contributed by atoms with van der Waals surface area (Å²) in [6, 6.07) is 7.73. The van der Waals surface area contributed by atoms with E-state index in [1.165, 1.54) is 0 Å². The van der Waals surface area contributed by atoms with E-state index in [1.54, 1.807) is 6.20 Å². The number of anilines is 2. The molecule has 1 aromatic carbocycles. The van der Waals surface area contributed by atoms with Gasteiger partial charge < -0.3 is 10.2 Å². The second-order valence-electron chi connectivity index (χ2n) is 6.61. The maximum Gasteiger partial charge on any atom is 0.259 e. The molecule has 1 aliphatic rings. The summed E-state index contributed by atoms with van der Waals surface area (Å²) >= 11 is 0. The molecule has 0 aliphatic carbocycles. The van der Waals surface area contributed by atoms with Crippen LogP contribution in [0.5, 0.6) is 0 Å². The molecule has 0 bridgehead atoms. The first-order valence-corrected chi connectivity index (χ1v) is 8.50. The van der Waals surface area contributed by atoms with Crippen LogP contribution in [0.2, 0.25) is 0 Å². The molecular weight excluding hydrogens is 300 g/mol. The monoisotopic (exact) mass is 324 g/mol. The van der Waals surface area contributed by atoms with E-state index < -0.39 is 0 Å². The summed E-state index contributed by atoms with van der Waals surface area (Å²) in [6.45, 7) is 8.08. The molecule has 0 saturated carbocycles. The SMILES string of the molecule is Cc1ccccc1NC(=O)c1cnc(N2CCC(C)CC2)nc1C. The third-order valence-electron chi connectivity index (χ3n) is 4.67. The lowest BCUT2D eigenvalue weighted by atomic mass is 10.00. The van der Waals surface area contributed by atoms with Gasteiger partial charge in [0.1, 0.15) is 0 Å². The van der Waals surface area contributed by atoms with Crippen molar-refractivity contribution in [1.82, 2.24) is 9.97 Å². The predicted molar refractivity (Wildman–Crippen MR) is 96.5 cm³/mol. The summed E-state index contributed by atoms with van der Waals surface area (Å²) in [5.74, 6) is 1.33. The van der Waals surface area contributed by atoms with Crippen LogP contribution in [0, 0.1) is 19.8 Å². The van der Waals surface area contributed by atoms with Gasteiger partial charge in [0.25, 0.3) is 5.91 Å². The van der Waals surface area contributed by atoms with Crippen molar-refractivity contribution >= 4 is 17.5 Å². The van der Waals surface area contributed by atoms with Gasteiger partial charge in [0.15, 0.2) is 0 Å². The lowest BCUT2D eigenvalue weighted by molar-refractivity contribution is 0.102. The average Bonchev–Trinajstić information content (AvgIpc) is 2.57. The van der Waals surface area contributed by atoms with E-state index in [1.807, 2.05) is 38.1 Å².